The summed E-state index contributed by atoms with van der Waals surface area (Å²) < 4.78 is 39.1. The topological polar surface area (TPSA) is 90.9 Å². The molecule has 1 N–H and O–H groups in total. The van der Waals surface area contributed by atoms with Crippen molar-refractivity contribution >= 4 is 21.9 Å². The average molecular weight is 533 g/mol. The van der Waals surface area contributed by atoms with Gasteiger partial charge in [-0.3, -0.25) is 9.97 Å². The number of fused-ring (bicyclic) bond motifs is 3. The van der Waals surface area contributed by atoms with Crippen molar-refractivity contribution < 1.29 is 18.6 Å². The number of pyridine rings is 2. The van der Waals surface area contributed by atoms with Gasteiger partial charge in [0, 0.05) is 43.0 Å². The molecule has 1 atom stereocenters. The molecule has 4 aromatic heterocycles. The molecule has 5 aromatic rings. The third-order valence-corrected chi connectivity index (χ3v) is 7.73. The lowest BCUT2D eigenvalue weighted by molar-refractivity contribution is 0.0547. The molecule has 10 heteroatoms. The Labute approximate surface area is 224 Å². The van der Waals surface area contributed by atoms with E-state index in [0.717, 1.165) is 23.9 Å². The van der Waals surface area contributed by atoms with E-state index in [0.29, 0.717) is 52.3 Å². The van der Waals surface area contributed by atoms with E-state index < -0.39 is 17.2 Å². The van der Waals surface area contributed by atoms with Gasteiger partial charge in [-0.25, -0.2) is 13.5 Å². The lowest BCUT2D eigenvalue weighted by Crippen LogP contribution is -2.27. The summed E-state index contributed by atoms with van der Waals surface area (Å²) >= 11 is 0. The van der Waals surface area contributed by atoms with Gasteiger partial charge in [-0.05, 0) is 69.9 Å². The molecule has 0 amide bonds. The zero-order valence-electron chi connectivity index (χ0n) is 22.3. The number of ether oxygens (including phenoxy) is 1. The van der Waals surface area contributed by atoms with Crippen LogP contribution in [0.2, 0.25) is 0 Å². The third-order valence-electron chi connectivity index (χ3n) is 7.73. The molecule has 0 saturated carbocycles. The lowest BCUT2D eigenvalue weighted by atomic mass is 9.88. The van der Waals surface area contributed by atoms with Gasteiger partial charge in [0.15, 0.2) is 0 Å². The fourth-order valence-corrected chi connectivity index (χ4v) is 5.75. The molecule has 0 bridgehead atoms. The maximum absolute atomic E-state index is 15.8. The number of nitrogens with zero attached hydrogens (tertiary/aromatic N) is 6. The van der Waals surface area contributed by atoms with Crippen LogP contribution in [0.15, 0.2) is 42.7 Å². The molecule has 1 aliphatic heterocycles. The zero-order chi connectivity index (χ0) is 27.5. The molecule has 39 heavy (non-hydrogen) atoms. The van der Waals surface area contributed by atoms with Crippen LogP contribution in [0.5, 0.6) is 0 Å². The molecule has 1 fully saturated rings. The number of benzene rings is 1. The van der Waals surface area contributed by atoms with E-state index in [-0.39, 0.29) is 12.0 Å². The van der Waals surface area contributed by atoms with Crippen LogP contribution in [0.3, 0.4) is 0 Å². The van der Waals surface area contributed by atoms with Crippen LogP contribution >= 0.6 is 0 Å². The van der Waals surface area contributed by atoms with E-state index in [1.165, 1.54) is 18.3 Å². The van der Waals surface area contributed by atoms with Crippen molar-refractivity contribution in [2.45, 2.75) is 45.3 Å². The van der Waals surface area contributed by atoms with E-state index in [4.69, 9.17) is 9.72 Å². The first kappa shape index (κ1) is 25.5. The van der Waals surface area contributed by atoms with Gasteiger partial charge in [0.25, 0.3) is 0 Å². The van der Waals surface area contributed by atoms with Crippen LogP contribution in [0.25, 0.3) is 33.2 Å². The van der Waals surface area contributed by atoms with E-state index in [9.17, 15) is 9.50 Å². The predicted octanol–water partition coefficient (Wildman–Crippen LogP) is 5.21. The second-order valence-corrected chi connectivity index (χ2v) is 10.8. The number of hydrogen-bond acceptors (Lipinski definition) is 6. The first-order chi connectivity index (χ1) is 18.6. The van der Waals surface area contributed by atoms with Crippen LogP contribution in [-0.4, -0.2) is 47.8 Å². The standard InChI is InChI=1S/C29H30F2N6O2/c1-16-27(36(4)35-34-16)20-13-24-21(12-22(20)31)26-25(11-18(14-33-26)29(2,3)38)37(24)28(17-7-9-39-10-8-17)23-6-5-19(30)15-32-23/h5-6,11-15,17,28,38H,7-10H2,1-4H3/t28-/m1/s1. The maximum atomic E-state index is 15.8. The van der Waals surface area contributed by atoms with E-state index in [1.807, 2.05) is 12.1 Å². The molecule has 0 unspecified atom stereocenters. The van der Waals surface area contributed by atoms with Crippen molar-refractivity contribution in [3.63, 3.8) is 0 Å². The largest absolute Gasteiger partial charge is 0.386 e. The van der Waals surface area contributed by atoms with E-state index in [2.05, 4.69) is 19.9 Å². The summed E-state index contributed by atoms with van der Waals surface area (Å²) in [5, 5.41) is 19.7. The molecule has 0 spiro atoms. The van der Waals surface area contributed by atoms with Crippen LogP contribution in [0.4, 0.5) is 8.78 Å². The van der Waals surface area contributed by atoms with Gasteiger partial charge in [0.05, 0.1) is 51.5 Å². The quantitative estimate of drug-likeness (QED) is 0.334. The first-order valence-electron chi connectivity index (χ1n) is 13.1. The molecule has 8 nitrogen and oxygen atoms in total. The second kappa shape index (κ2) is 9.46. The SMILES string of the molecule is Cc1nnn(C)c1-c1cc2c(cc1F)c1ncc(C(C)(C)O)cc1n2[C@@H](c1ccc(F)cn1)C1CCOCC1. The van der Waals surface area contributed by atoms with Crippen LogP contribution in [0.1, 0.15) is 49.7 Å². The summed E-state index contributed by atoms with van der Waals surface area (Å²) in [4.78, 5) is 9.23. The van der Waals surface area contributed by atoms with Crippen LogP contribution < -0.4 is 0 Å². The Morgan fingerprint density at radius 3 is 2.46 bits per heavy atom. The van der Waals surface area contributed by atoms with Crippen LogP contribution in [-0.2, 0) is 17.4 Å². The minimum Gasteiger partial charge on any atom is -0.386 e. The Kier molecular flexibility index (Phi) is 6.19. The number of aliphatic hydroxyl groups is 1. The number of aryl methyl sites for hydroxylation is 2. The number of hydrogen-bond donors (Lipinski definition) is 1. The molecular formula is C29H30F2N6O2. The molecule has 1 aliphatic rings. The predicted molar refractivity (Wildman–Crippen MR) is 143 cm³/mol. The van der Waals surface area contributed by atoms with Gasteiger partial charge in [-0.15, -0.1) is 5.10 Å². The molecule has 0 aliphatic carbocycles. The van der Waals surface area contributed by atoms with Gasteiger partial charge in [-0.2, -0.15) is 0 Å². The Morgan fingerprint density at radius 2 is 1.82 bits per heavy atom. The molecule has 6 rings (SSSR count). The Morgan fingerprint density at radius 1 is 1.05 bits per heavy atom. The van der Waals surface area contributed by atoms with Gasteiger partial charge < -0.3 is 14.4 Å². The van der Waals surface area contributed by atoms with Crippen molar-refractivity contribution in [2.24, 2.45) is 13.0 Å². The third kappa shape index (κ3) is 4.37. The lowest BCUT2D eigenvalue weighted by Gasteiger charge is -2.32. The number of halogens is 2. The minimum absolute atomic E-state index is 0.120. The smallest absolute Gasteiger partial charge is 0.141 e. The Hall–Kier alpha value is -3.76. The molecule has 202 valence electrons. The minimum atomic E-state index is -1.14. The summed E-state index contributed by atoms with van der Waals surface area (Å²) in [6.07, 6.45) is 4.42. The highest BCUT2D eigenvalue weighted by atomic mass is 19.1. The molecule has 1 aromatic carbocycles. The maximum Gasteiger partial charge on any atom is 0.141 e. The first-order valence-corrected chi connectivity index (χ1v) is 13.1. The Balaban J connectivity index is 1.72. The fraction of sp³-hybridized carbons (Fsp3) is 0.379. The summed E-state index contributed by atoms with van der Waals surface area (Å²) in [6, 6.07) is 8.05. The van der Waals surface area contributed by atoms with Crippen molar-refractivity contribution in [1.82, 2.24) is 29.5 Å². The fourth-order valence-electron chi connectivity index (χ4n) is 5.75. The highest BCUT2D eigenvalue weighted by Gasteiger charge is 2.32. The molecular weight excluding hydrogens is 502 g/mol. The van der Waals surface area contributed by atoms with Gasteiger partial charge in [0.2, 0.25) is 0 Å². The van der Waals surface area contributed by atoms with Gasteiger partial charge in [0.1, 0.15) is 11.6 Å². The molecule has 1 saturated heterocycles. The van der Waals surface area contributed by atoms with E-state index in [1.54, 1.807) is 44.8 Å². The van der Waals surface area contributed by atoms with Crippen molar-refractivity contribution in [2.75, 3.05) is 13.2 Å². The Bertz CT molecular complexity index is 1660. The summed E-state index contributed by atoms with van der Waals surface area (Å²) in [6.45, 7) is 6.41. The van der Waals surface area contributed by atoms with Gasteiger partial charge in [-0.1, -0.05) is 5.21 Å². The van der Waals surface area contributed by atoms with Crippen LogP contribution in [0, 0.1) is 24.5 Å². The molecule has 0 radical (unpaired) electrons. The highest BCUT2D eigenvalue weighted by molar-refractivity contribution is 6.07. The summed E-state index contributed by atoms with van der Waals surface area (Å²) in [5.74, 6) is -0.706. The van der Waals surface area contributed by atoms with Crippen molar-refractivity contribution in [3.8, 4) is 11.3 Å². The normalized spacial score (nSPS) is 15.9. The number of aromatic nitrogens is 6. The molecule has 5 heterocycles. The van der Waals surface area contributed by atoms with Gasteiger partial charge >= 0.3 is 0 Å². The monoisotopic (exact) mass is 532 g/mol. The zero-order valence-corrected chi connectivity index (χ0v) is 22.3. The van der Waals surface area contributed by atoms with E-state index >= 15 is 4.39 Å². The number of rotatable bonds is 5. The van der Waals surface area contributed by atoms with Crippen molar-refractivity contribution in [1.29, 1.82) is 0 Å². The summed E-state index contributed by atoms with van der Waals surface area (Å²) in [7, 11) is 1.74. The second-order valence-electron chi connectivity index (χ2n) is 10.8. The summed E-state index contributed by atoms with van der Waals surface area (Å²) in [5.41, 5.74) is 3.86. The van der Waals surface area contributed by atoms with Crippen molar-refractivity contribution in [3.05, 3.63) is 71.3 Å². The average Bonchev–Trinajstić information content (AvgIpc) is 3.40. The highest BCUT2D eigenvalue weighted by Crippen LogP contribution is 2.42.